The predicted molar refractivity (Wildman–Crippen MR) is 74.7 cm³/mol. The van der Waals surface area contributed by atoms with Crippen molar-refractivity contribution in [2.24, 2.45) is 0 Å². The lowest BCUT2D eigenvalue weighted by Crippen LogP contribution is -2.31. The van der Waals surface area contributed by atoms with E-state index >= 15 is 0 Å². The van der Waals surface area contributed by atoms with E-state index in [-0.39, 0.29) is 12.1 Å². The first-order valence-corrected chi connectivity index (χ1v) is 6.80. The van der Waals surface area contributed by atoms with E-state index in [4.69, 9.17) is 4.74 Å². The Labute approximate surface area is 114 Å². The number of aryl methyl sites for hydroxylation is 1. The first-order chi connectivity index (χ1) is 9.22. The maximum Gasteiger partial charge on any atom is 0.238 e. The third-order valence-corrected chi connectivity index (χ3v) is 3.43. The van der Waals surface area contributed by atoms with Gasteiger partial charge in [-0.25, -0.2) is 0 Å². The summed E-state index contributed by atoms with van der Waals surface area (Å²) < 4.78 is 5.04. The fourth-order valence-corrected chi connectivity index (χ4v) is 2.46. The van der Waals surface area contributed by atoms with Crippen molar-refractivity contribution < 1.29 is 9.53 Å². The van der Waals surface area contributed by atoms with Crippen LogP contribution in [0.5, 0.6) is 0 Å². The molecule has 0 saturated carbocycles. The average molecular weight is 262 g/mol. The number of carbonyl (C=O) groups excluding carboxylic acids is 1. The summed E-state index contributed by atoms with van der Waals surface area (Å²) in [6.45, 7) is 4.05. The van der Waals surface area contributed by atoms with Crippen LogP contribution >= 0.6 is 0 Å². The summed E-state index contributed by atoms with van der Waals surface area (Å²) in [5.74, 6) is 0.184. The normalized spacial score (nSPS) is 19.2. The molecule has 4 nitrogen and oxygen atoms in total. The number of methoxy groups -OCH3 is 1. The monoisotopic (exact) mass is 262 g/mol. The van der Waals surface area contributed by atoms with Crippen molar-refractivity contribution >= 4 is 5.91 Å². The molecule has 4 heteroatoms. The SMILES string of the molecule is COCCCCN1C(=O)CNC1c1cccc(C)c1. The Morgan fingerprint density at radius 2 is 2.26 bits per heavy atom. The fraction of sp³-hybridized carbons (Fsp3) is 0.533. The topological polar surface area (TPSA) is 41.6 Å². The van der Waals surface area contributed by atoms with Crippen LogP contribution in [-0.4, -0.2) is 37.6 Å². The summed E-state index contributed by atoms with van der Waals surface area (Å²) in [6, 6.07) is 8.32. The Kier molecular flexibility index (Phi) is 4.93. The molecule has 1 atom stereocenters. The van der Waals surface area contributed by atoms with Gasteiger partial charge in [0.05, 0.1) is 6.54 Å². The number of ether oxygens (including phenoxy) is 1. The molecule has 1 fully saturated rings. The molecule has 1 heterocycles. The van der Waals surface area contributed by atoms with Crippen molar-refractivity contribution in [1.29, 1.82) is 0 Å². The largest absolute Gasteiger partial charge is 0.385 e. The zero-order valence-corrected chi connectivity index (χ0v) is 11.7. The molecule has 1 saturated heterocycles. The van der Waals surface area contributed by atoms with Gasteiger partial charge < -0.3 is 9.64 Å². The van der Waals surface area contributed by atoms with E-state index in [0.717, 1.165) is 31.6 Å². The molecule has 0 aromatic heterocycles. The number of amides is 1. The van der Waals surface area contributed by atoms with E-state index in [0.29, 0.717) is 6.54 Å². The first kappa shape index (κ1) is 14.0. The van der Waals surface area contributed by atoms with Gasteiger partial charge in [0, 0.05) is 20.3 Å². The van der Waals surface area contributed by atoms with Gasteiger partial charge in [-0.3, -0.25) is 10.1 Å². The minimum absolute atomic E-state index is 0.0231. The molecule has 0 aliphatic carbocycles. The van der Waals surface area contributed by atoms with Crippen LogP contribution in [0.4, 0.5) is 0 Å². The van der Waals surface area contributed by atoms with Crippen LogP contribution in [0.2, 0.25) is 0 Å². The summed E-state index contributed by atoms with van der Waals surface area (Å²) in [4.78, 5) is 13.9. The number of hydrogen-bond donors (Lipinski definition) is 1. The number of carbonyl (C=O) groups is 1. The predicted octanol–water partition coefficient (Wildman–Crippen LogP) is 1.85. The highest BCUT2D eigenvalue weighted by Gasteiger charge is 2.30. The second kappa shape index (κ2) is 6.68. The van der Waals surface area contributed by atoms with Gasteiger partial charge in [-0.1, -0.05) is 29.8 Å². The number of hydrogen-bond acceptors (Lipinski definition) is 3. The third kappa shape index (κ3) is 3.55. The molecule has 1 amide bonds. The Bertz CT molecular complexity index is 434. The van der Waals surface area contributed by atoms with E-state index < -0.39 is 0 Å². The van der Waals surface area contributed by atoms with Crippen molar-refractivity contribution in [3.8, 4) is 0 Å². The molecule has 104 valence electrons. The van der Waals surface area contributed by atoms with Crippen LogP contribution in [-0.2, 0) is 9.53 Å². The first-order valence-electron chi connectivity index (χ1n) is 6.80. The van der Waals surface area contributed by atoms with Crippen LogP contribution < -0.4 is 5.32 Å². The smallest absolute Gasteiger partial charge is 0.238 e. The van der Waals surface area contributed by atoms with Crippen LogP contribution in [0.3, 0.4) is 0 Å². The summed E-state index contributed by atoms with van der Waals surface area (Å²) in [5, 5.41) is 3.29. The van der Waals surface area contributed by atoms with Crippen molar-refractivity contribution in [2.75, 3.05) is 26.8 Å². The minimum atomic E-state index is 0.0231. The molecule has 0 spiro atoms. The molecule has 0 radical (unpaired) electrons. The Morgan fingerprint density at radius 3 is 3.00 bits per heavy atom. The van der Waals surface area contributed by atoms with Gasteiger partial charge in [0.25, 0.3) is 0 Å². The summed E-state index contributed by atoms with van der Waals surface area (Å²) >= 11 is 0. The van der Waals surface area contributed by atoms with Crippen molar-refractivity contribution in [1.82, 2.24) is 10.2 Å². The lowest BCUT2D eigenvalue weighted by atomic mass is 10.1. The van der Waals surface area contributed by atoms with Crippen molar-refractivity contribution in [3.05, 3.63) is 35.4 Å². The summed E-state index contributed by atoms with van der Waals surface area (Å²) in [7, 11) is 1.71. The average Bonchev–Trinajstić information content (AvgIpc) is 2.76. The van der Waals surface area contributed by atoms with E-state index in [1.54, 1.807) is 7.11 Å². The van der Waals surface area contributed by atoms with Gasteiger partial charge in [0.15, 0.2) is 0 Å². The summed E-state index contributed by atoms with van der Waals surface area (Å²) in [5.41, 5.74) is 2.38. The zero-order chi connectivity index (χ0) is 13.7. The van der Waals surface area contributed by atoms with E-state index in [1.165, 1.54) is 5.56 Å². The van der Waals surface area contributed by atoms with Gasteiger partial charge in [0.1, 0.15) is 6.17 Å². The number of unbranched alkanes of at least 4 members (excludes halogenated alkanes) is 1. The standard InChI is InChI=1S/C15H22N2O2/c1-12-6-5-7-13(10-12)15-16-11-14(18)17(15)8-3-4-9-19-2/h5-7,10,15-16H,3-4,8-9,11H2,1-2H3. The Hall–Kier alpha value is -1.39. The maximum atomic E-state index is 11.9. The highest BCUT2D eigenvalue weighted by Crippen LogP contribution is 2.23. The van der Waals surface area contributed by atoms with Crippen LogP contribution in [0.15, 0.2) is 24.3 Å². The molecule has 1 aliphatic rings. The number of nitrogens with one attached hydrogen (secondary N) is 1. The molecule has 1 aromatic carbocycles. The number of benzene rings is 1. The number of nitrogens with zero attached hydrogens (tertiary/aromatic N) is 1. The highest BCUT2D eigenvalue weighted by atomic mass is 16.5. The molecule has 1 unspecified atom stereocenters. The van der Waals surface area contributed by atoms with E-state index in [2.05, 4.69) is 30.4 Å². The third-order valence-electron chi connectivity index (χ3n) is 3.43. The Balaban J connectivity index is 2.00. The fourth-order valence-electron chi connectivity index (χ4n) is 2.46. The lowest BCUT2D eigenvalue weighted by molar-refractivity contribution is -0.128. The van der Waals surface area contributed by atoms with Gasteiger partial charge in [0.2, 0.25) is 5.91 Å². The highest BCUT2D eigenvalue weighted by molar-refractivity contribution is 5.80. The summed E-state index contributed by atoms with van der Waals surface area (Å²) in [6.07, 6.45) is 1.99. The molecule has 1 aromatic rings. The van der Waals surface area contributed by atoms with Crippen LogP contribution in [0, 0.1) is 6.92 Å². The lowest BCUT2D eigenvalue weighted by Gasteiger charge is -2.25. The molecule has 19 heavy (non-hydrogen) atoms. The molecular weight excluding hydrogens is 240 g/mol. The molecular formula is C15H22N2O2. The van der Waals surface area contributed by atoms with E-state index in [9.17, 15) is 4.79 Å². The quantitative estimate of drug-likeness (QED) is 0.796. The van der Waals surface area contributed by atoms with Gasteiger partial charge in [-0.2, -0.15) is 0 Å². The van der Waals surface area contributed by atoms with Crippen molar-refractivity contribution in [3.63, 3.8) is 0 Å². The van der Waals surface area contributed by atoms with Gasteiger partial charge >= 0.3 is 0 Å². The second-order valence-electron chi connectivity index (χ2n) is 4.98. The van der Waals surface area contributed by atoms with E-state index in [1.807, 2.05) is 11.0 Å². The molecule has 2 rings (SSSR count). The zero-order valence-electron chi connectivity index (χ0n) is 11.7. The van der Waals surface area contributed by atoms with Gasteiger partial charge in [-0.15, -0.1) is 0 Å². The number of rotatable bonds is 6. The van der Waals surface area contributed by atoms with Crippen LogP contribution in [0.1, 0.15) is 30.1 Å². The molecule has 0 bridgehead atoms. The maximum absolute atomic E-state index is 11.9. The molecule has 1 N–H and O–H groups in total. The van der Waals surface area contributed by atoms with Gasteiger partial charge in [-0.05, 0) is 25.3 Å². The second-order valence-corrected chi connectivity index (χ2v) is 4.98. The van der Waals surface area contributed by atoms with Crippen molar-refractivity contribution in [2.45, 2.75) is 25.9 Å². The molecule has 1 aliphatic heterocycles. The van der Waals surface area contributed by atoms with Crippen LogP contribution in [0.25, 0.3) is 0 Å². The minimum Gasteiger partial charge on any atom is -0.385 e. The Morgan fingerprint density at radius 1 is 1.42 bits per heavy atom.